The summed E-state index contributed by atoms with van der Waals surface area (Å²) in [4.78, 5) is 27.7. The van der Waals surface area contributed by atoms with Crippen LogP contribution in [-0.4, -0.2) is 48.1 Å². The van der Waals surface area contributed by atoms with Crippen molar-refractivity contribution < 1.29 is 14.3 Å². The van der Waals surface area contributed by atoms with Crippen molar-refractivity contribution >= 4 is 34.8 Å². The summed E-state index contributed by atoms with van der Waals surface area (Å²) in [7, 11) is 0. The normalized spacial score (nSPS) is 13.4. The number of carbonyl (C=O) groups excluding carboxylic acids is 2. The van der Waals surface area contributed by atoms with Gasteiger partial charge in [0.15, 0.2) is 5.11 Å². The largest absolute Gasteiger partial charge is 0.378 e. The van der Waals surface area contributed by atoms with E-state index in [1.807, 2.05) is 60.7 Å². The Balaban J connectivity index is 1.45. The first-order chi connectivity index (χ1) is 16.1. The van der Waals surface area contributed by atoms with Gasteiger partial charge in [-0.05, 0) is 41.5 Å². The molecule has 1 heterocycles. The molecule has 3 aromatic carbocycles. The van der Waals surface area contributed by atoms with E-state index >= 15 is 0 Å². The Hall–Kier alpha value is -3.55. The Kier molecular flexibility index (Phi) is 7.44. The van der Waals surface area contributed by atoms with Crippen LogP contribution in [0.2, 0.25) is 0 Å². The van der Waals surface area contributed by atoms with E-state index in [1.165, 1.54) is 0 Å². The number of carbonyl (C=O) groups is 2. The summed E-state index contributed by atoms with van der Waals surface area (Å²) in [6.45, 7) is 2.24. The van der Waals surface area contributed by atoms with Crippen LogP contribution < -0.4 is 10.6 Å². The van der Waals surface area contributed by atoms with Crippen molar-refractivity contribution in [3.05, 3.63) is 102 Å². The molecule has 2 N–H and O–H groups in total. The number of rotatable bonds is 5. The van der Waals surface area contributed by atoms with Crippen LogP contribution in [0, 0.1) is 0 Å². The van der Waals surface area contributed by atoms with Crippen molar-refractivity contribution in [2.75, 3.05) is 31.6 Å². The smallest absolute Gasteiger partial charge is 0.254 e. The van der Waals surface area contributed by atoms with Crippen molar-refractivity contribution in [2.45, 2.75) is 5.92 Å². The summed E-state index contributed by atoms with van der Waals surface area (Å²) < 4.78 is 5.32. The molecule has 7 heteroatoms. The molecule has 6 nitrogen and oxygen atoms in total. The van der Waals surface area contributed by atoms with E-state index in [0.29, 0.717) is 37.6 Å². The summed E-state index contributed by atoms with van der Waals surface area (Å²) in [5.41, 5.74) is 2.95. The molecular weight excluding hydrogens is 434 g/mol. The molecule has 0 atom stereocenters. The molecule has 0 saturated carbocycles. The third-order valence-corrected chi connectivity index (χ3v) is 5.63. The number of benzene rings is 3. The fourth-order valence-corrected chi connectivity index (χ4v) is 4.03. The standard InChI is InChI=1S/C26H25N3O3S/c30-24(23(19-8-3-1-4-9-19)20-10-5-2-6-11-20)28-26(33)27-22-13-7-12-21(18-22)25(31)29-14-16-32-17-15-29/h1-13,18,23H,14-17H2,(H2,27,28,30,33). The Bertz CT molecular complexity index is 1080. The Morgan fingerprint density at radius 1 is 0.848 bits per heavy atom. The van der Waals surface area contributed by atoms with Gasteiger partial charge in [0.25, 0.3) is 5.91 Å². The molecule has 3 aromatic rings. The van der Waals surface area contributed by atoms with Gasteiger partial charge in [-0.3, -0.25) is 9.59 Å². The lowest BCUT2D eigenvalue weighted by atomic mass is 9.90. The number of nitrogens with zero attached hydrogens (tertiary/aromatic N) is 1. The van der Waals surface area contributed by atoms with E-state index < -0.39 is 5.92 Å². The van der Waals surface area contributed by atoms with Crippen LogP contribution in [0.25, 0.3) is 0 Å². The number of morpholine rings is 1. The van der Waals surface area contributed by atoms with Crippen LogP contribution in [0.15, 0.2) is 84.9 Å². The monoisotopic (exact) mass is 459 g/mol. The minimum Gasteiger partial charge on any atom is -0.378 e. The average molecular weight is 460 g/mol. The van der Waals surface area contributed by atoms with E-state index in [2.05, 4.69) is 10.6 Å². The molecule has 1 aliphatic heterocycles. The summed E-state index contributed by atoms with van der Waals surface area (Å²) >= 11 is 5.41. The molecule has 0 aliphatic carbocycles. The molecule has 1 fully saturated rings. The van der Waals surface area contributed by atoms with Gasteiger partial charge < -0.3 is 20.3 Å². The number of anilines is 1. The van der Waals surface area contributed by atoms with Crippen molar-refractivity contribution in [1.29, 1.82) is 0 Å². The third kappa shape index (κ3) is 5.83. The Labute approximate surface area is 198 Å². The zero-order valence-corrected chi connectivity index (χ0v) is 18.9. The number of hydrogen-bond acceptors (Lipinski definition) is 4. The molecular formula is C26H25N3O3S. The van der Waals surface area contributed by atoms with Crippen molar-refractivity contribution in [1.82, 2.24) is 10.2 Å². The molecule has 0 bridgehead atoms. The highest BCUT2D eigenvalue weighted by Gasteiger charge is 2.23. The highest BCUT2D eigenvalue weighted by molar-refractivity contribution is 7.80. The van der Waals surface area contributed by atoms with Crippen LogP contribution in [0.4, 0.5) is 5.69 Å². The first-order valence-electron chi connectivity index (χ1n) is 10.8. The Morgan fingerprint density at radius 3 is 2.06 bits per heavy atom. The lowest BCUT2D eigenvalue weighted by Crippen LogP contribution is -2.40. The maximum absolute atomic E-state index is 13.2. The van der Waals surface area contributed by atoms with E-state index in [0.717, 1.165) is 11.1 Å². The number of thiocarbonyl (C=S) groups is 1. The molecule has 1 saturated heterocycles. The molecule has 168 valence electrons. The van der Waals surface area contributed by atoms with E-state index in [1.54, 1.807) is 29.2 Å². The number of ether oxygens (including phenoxy) is 1. The second-order valence-electron chi connectivity index (χ2n) is 7.68. The summed E-state index contributed by atoms with van der Waals surface area (Å²) in [6.07, 6.45) is 0. The first kappa shape index (κ1) is 22.6. The van der Waals surface area contributed by atoms with Gasteiger partial charge in [0.2, 0.25) is 5.91 Å². The van der Waals surface area contributed by atoms with Gasteiger partial charge in [-0.2, -0.15) is 0 Å². The van der Waals surface area contributed by atoms with Gasteiger partial charge in [-0.25, -0.2) is 0 Å². The summed E-state index contributed by atoms with van der Waals surface area (Å²) in [6, 6.07) is 26.3. The quantitative estimate of drug-likeness (QED) is 0.568. The molecule has 0 spiro atoms. The molecule has 1 aliphatic rings. The van der Waals surface area contributed by atoms with Crippen LogP contribution >= 0.6 is 12.2 Å². The molecule has 0 unspecified atom stereocenters. The first-order valence-corrected chi connectivity index (χ1v) is 11.2. The van der Waals surface area contributed by atoms with Gasteiger partial charge in [-0.15, -0.1) is 0 Å². The average Bonchev–Trinajstić information content (AvgIpc) is 2.85. The van der Waals surface area contributed by atoms with E-state index in [4.69, 9.17) is 17.0 Å². The maximum Gasteiger partial charge on any atom is 0.254 e. The molecule has 0 aromatic heterocycles. The second-order valence-corrected chi connectivity index (χ2v) is 8.09. The minimum atomic E-state index is -0.499. The van der Waals surface area contributed by atoms with Crippen LogP contribution in [0.5, 0.6) is 0 Å². The third-order valence-electron chi connectivity index (χ3n) is 5.43. The highest BCUT2D eigenvalue weighted by atomic mass is 32.1. The lowest BCUT2D eigenvalue weighted by Gasteiger charge is -2.27. The number of amides is 2. The Morgan fingerprint density at radius 2 is 1.45 bits per heavy atom. The van der Waals surface area contributed by atoms with Gasteiger partial charge in [0.1, 0.15) is 0 Å². The predicted octanol–water partition coefficient (Wildman–Crippen LogP) is 3.80. The van der Waals surface area contributed by atoms with Gasteiger partial charge in [-0.1, -0.05) is 66.7 Å². The summed E-state index contributed by atoms with van der Waals surface area (Å²) in [5.74, 6) is -0.781. The van der Waals surface area contributed by atoms with Gasteiger partial charge in [0.05, 0.1) is 19.1 Å². The predicted molar refractivity (Wildman–Crippen MR) is 132 cm³/mol. The van der Waals surface area contributed by atoms with Crippen molar-refractivity contribution in [3.63, 3.8) is 0 Å². The topological polar surface area (TPSA) is 70.7 Å². The fourth-order valence-electron chi connectivity index (χ4n) is 3.81. The molecule has 2 amide bonds. The fraction of sp³-hybridized carbons (Fsp3) is 0.192. The molecule has 33 heavy (non-hydrogen) atoms. The SMILES string of the molecule is O=C(NC(=S)Nc1cccc(C(=O)N2CCOCC2)c1)C(c1ccccc1)c1ccccc1. The maximum atomic E-state index is 13.2. The van der Waals surface area contributed by atoms with E-state index in [9.17, 15) is 9.59 Å². The van der Waals surface area contributed by atoms with Crippen LogP contribution in [0.1, 0.15) is 27.4 Å². The van der Waals surface area contributed by atoms with Gasteiger partial charge in [0, 0.05) is 24.3 Å². The number of nitrogens with one attached hydrogen (secondary N) is 2. The minimum absolute atomic E-state index is 0.0508. The zero-order valence-electron chi connectivity index (χ0n) is 18.1. The molecule has 4 rings (SSSR count). The highest BCUT2D eigenvalue weighted by Crippen LogP contribution is 2.25. The second kappa shape index (κ2) is 10.8. The zero-order chi connectivity index (χ0) is 23.0. The molecule has 0 radical (unpaired) electrons. The lowest BCUT2D eigenvalue weighted by molar-refractivity contribution is -0.120. The number of hydrogen-bond donors (Lipinski definition) is 2. The van der Waals surface area contributed by atoms with Gasteiger partial charge >= 0.3 is 0 Å². The summed E-state index contributed by atoms with van der Waals surface area (Å²) in [5, 5.41) is 6.01. The van der Waals surface area contributed by atoms with Crippen LogP contribution in [0.3, 0.4) is 0 Å². The van der Waals surface area contributed by atoms with Crippen molar-refractivity contribution in [3.8, 4) is 0 Å². The van der Waals surface area contributed by atoms with Crippen LogP contribution in [-0.2, 0) is 9.53 Å². The van der Waals surface area contributed by atoms with Crippen molar-refractivity contribution in [2.24, 2.45) is 0 Å². The van der Waals surface area contributed by atoms with E-state index in [-0.39, 0.29) is 16.9 Å².